The molecule has 1 aromatic heterocycles. The van der Waals surface area contributed by atoms with Crippen molar-refractivity contribution in [3.05, 3.63) is 97.2 Å². The molecule has 0 saturated heterocycles. The van der Waals surface area contributed by atoms with E-state index in [1.807, 2.05) is 36.4 Å². The number of sulfone groups is 1. The van der Waals surface area contributed by atoms with Crippen LogP contribution in [0.1, 0.15) is 5.76 Å². The maximum Gasteiger partial charge on any atom is 0.319 e. The van der Waals surface area contributed by atoms with E-state index >= 15 is 0 Å². The van der Waals surface area contributed by atoms with Crippen molar-refractivity contribution in [2.24, 2.45) is 0 Å². The van der Waals surface area contributed by atoms with Crippen molar-refractivity contribution in [2.75, 3.05) is 5.32 Å². The van der Waals surface area contributed by atoms with Gasteiger partial charge in [0.15, 0.2) is 6.39 Å². The predicted octanol–water partition coefficient (Wildman–Crippen LogP) is 4.50. The molecular formula is C23H19N3O4S. The van der Waals surface area contributed by atoms with Gasteiger partial charge in [0.25, 0.3) is 0 Å². The molecule has 4 rings (SSSR count). The van der Waals surface area contributed by atoms with Crippen molar-refractivity contribution in [3.8, 4) is 11.1 Å². The van der Waals surface area contributed by atoms with E-state index in [2.05, 4.69) is 15.6 Å². The van der Waals surface area contributed by atoms with Gasteiger partial charge in [-0.25, -0.2) is 18.2 Å². The second-order valence-corrected chi connectivity index (χ2v) is 8.58. The standard InChI is InChI=1S/C23H19N3O4S/c27-23(25-15-19-14-24-16-30-19)26-18-10-12-20(13-11-18)31(28,29)22-9-5-4-8-21(22)17-6-2-1-3-7-17/h1-14,16H,15H2,(H2,25,26,27). The predicted molar refractivity (Wildman–Crippen MR) is 116 cm³/mol. The Morgan fingerprint density at radius 1 is 0.903 bits per heavy atom. The van der Waals surface area contributed by atoms with E-state index in [9.17, 15) is 13.2 Å². The number of carbonyl (C=O) groups is 1. The van der Waals surface area contributed by atoms with Crippen LogP contribution in [0, 0.1) is 0 Å². The summed E-state index contributed by atoms with van der Waals surface area (Å²) in [4.78, 5) is 16.2. The fourth-order valence-electron chi connectivity index (χ4n) is 3.07. The number of amides is 2. The molecule has 2 amide bonds. The van der Waals surface area contributed by atoms with Gasteiger partial charge in [0.05, 0.1) is 22.5 Å². The molecule has 0 radical (unpaired) electrons. The minimum absolute atomic E-state index is 0.142. The van der Waals surface area contributed by atoms with Crippen LogP contribution in [0.3, 0.4) is 0 Å². The number of nitrogens with zero attached hydrogens (tertiary/aromatic N) is 1. The Hall–Kier alpha value is -3.91. The summed E-state index contributed by atoms with van der Waals surface area (Å²) in [5, 5.41) is 5.28. The lowest BCUT2D eigenvalue weighted by Crippen LogP contribution is -2.28. The summed E-state index contributed by atoms with van der Waals surface area (Å²) in [5.41, 5.74) is 1.92. The van der Waals surface area contributed by atoms with Gasteiger partial charge in [-0.2, -0.15) is 0 Å². The highest BCUT2D eigenvalue weighted by Gasteiger charge is 2.21. The monoisotopic (exact) mass is 433 g/mol. The number of rotatable bonds is 6. The van der Waals surface area contributed by atoms with Gasteiger partial charge in [0.1, 0.15) is 5.76 Å². The lowest BCUT2D eigenvalue weighted by Gasteiger charge is -2.12. The van der Waals surface area contributed by atoms with E-state index in [0.717, 1.165) is 5.56 Å². The average molecular weight is 433 g/mol. The van der Waals surface area contributed by atoms with Crippen LogP contribution in [-0.2, 0) is 16.4 Å². The number of hydrogen-bond acceptors (Lipinski definition) is 5. The minimum atomic E-state index is -3.75. The number of nitrogens with one attached hydrogen (secondary N) is 2. The van der Waals surface area contributed by atoms with E-state index in [0.29, 0.717) is 17.0 Å². The summed E-state index contributed by atoms with van der Waals surface area (Å²) in [6, 6.07) is 21.9. The van der Waals surface area contributed by atoms with Crippen LogP contribution < -0.4 is 10.6 Å². The quantitative estimate of drug-likeness (QED) is 0.466. The third kappa shape index (κ3) is 4.65. The Labute approximate surface area is 179 Å². The second kappa shape index (κ2) is 8.85. The number of oxazole rings is 1. The molecule has 0 unspecified atom stereocenters. The van der Waals surface area contributed by atoms with Gasteiger partial charge >= 0.3 is 6.03 Å². The number of hydrogen-bond donors (Lipinski definition) is 2. The normalized spacial score (nSPS) is 11.1. The zero-order valence-electron chi connectivity index (χ0n) is 16.4. The van der Waals surface area contributed by atoms with Gasteiger partial charge in [-0.3, -0.25) is 0 Å². The highest BCUT2D eigenvalue weighted by Crippen LogP contribution is 2.31. The fourth-order valence-corrected chi connectivity index (χ4v) is 4.56. The van der Waals surface area contributed by atoms with Gasteiger partial charge in [0, 0.05) is 11.3 Å². The van der Waals surface area contributed by atoms with E-state index in [4.69, 9.17) is 4.42 Å². The molecule has 0 saturated carbocycles. The Bertz CT molecular complexity index is 1270. The molecule has 0 bridgehead atoms. The number of carbonyl (C=O) groups excluding carboxylic acids is 1. The summed E-state index contributed by atoms with van der Waals surface area (Å²) in [6.07, 6.45) is 2.79. The van der Waals surface area contributed by atoms with Crippen LogP contribution >= 0.6 is 0 Å². The first-order valence-corrected chi connectivity index (χ1v) is 10.9. The van der Waals surface area contributed by atoms with Crippen LogP contribution in [-0.4, -0.2) is 19.4 Å². The van der Waals surface area contributed by atoms with E-state index in [1.165, 1.54) is 24.7 Å². The van der Waals surface area contributed by atoms with Crippen LogP contribution in [0.2, 0.25) is 0 Å². The molecule has 0 aliphatic heterocycles. The van der Waals surface area contributed by atoms with Crippen molar-refractivity contribution in [1.82, 2.24) is 10.3 Å². The van der Waals surface area contributed by atoms with Crippen molar-refractivity contribution in [3.63, 3.8) is 0 Å². The van der Waals surface area contributed by atoms with Gasteiger partial charge in [-0.05, 0) is 35.9 Å². The SMILES string of the molecule is O=C(NCc1cnco1)Nc1ccc(S(=O)(=O)c2ccccc2-c2ccccc2)cc1. The number of benzene rings is 3. The third-order valence-electron chi connectivity index (χ3n) is 4.59. The maximum atomic E-state index is 13.3. The molecule has 0 atom stereocenters. The number of aromatic nitrogens is 1. The van der Waals surface area contributed by atoms with Crippen LogP contribution in [0.5, 0.6) is 0 Å². The minimum Gasteiger partial charge on any atom is -0.447 e. The number of urea groups is 1. The van der Waals surface area contributed by atoms with Gasteiger partial charge in [-0.15, -0.1) is 0 Å². The van der Waals surface area contributed by atoms with Gasteiger partial charge in [0.2, 0.25) is 9.84 Å². The average Bonchev–Trinajstić information content (AvgIpc) is 3.32. The van der Waals surface area contributed by atoms with Gasteiger partial charge in [-0.1, -0.05) is 48.5 Å². The highest BCUT2D eigenvalue weighted by molar-refractivity contribution is 7.91. The molecule has 4 aromatic rings. The van der Waals surface area contributed by atoms with Crippen LogP contribution in [0.25, 0.3) is 11.1 Å². The molecule has 0 fully saturated rings. The summed E-state index contributed by atoms with van der Waals surface area (Å²) in [6.45, 7) is 0.189. The van der Waals surface area contributed by atoms with Crippen LogP contribution in [0.4, 0.5) is 10.5 Å². The molecule has 0 aliphatic rings. The largest absolute Gasteiger partial charge is 0.447 e. The molecule has 7 nitrogen and oxygen atoms in total. The number of anilines is 1. The van der Waals surface area contributed by atoms with E-state index < -0.39 is 15.9 Å². The zero-order chi connectivity index (χ0) is 21.7. The molecule has 156 valence electrons. The van der Waals surface area contributed by atoms with E-state index in [1.54, 1.807) is 30.3 Å². The third-order valence-corrected chi connectivity index (χ3v) is 6.42. The van der Waals surface area contributed by atoms with Crippen molar-refractivity contribution < 1.29 is 17.6 Å². The topological polar surface area (TPSA) is 101 Å². The Morgan fingerprint density at radius 3 is 2.32 bits per heavy atom. The van der Waals surface area contributed by atoms with Crippen molar-refractivity contribution >= 4 is 21.6 Å². The molecular weight excluding hydrogens is 414 g/mol. The summed E-state index contributed by atoms with van der Waals surface area (Å²) < 4.78 is 31.6. The molecule has 0 aliphatic carbocycles. The first kappa shape index (κ1) is 20.4. The smallest absolute Gasteiger partial charge is 0.319 e. The highest BCUT2D eigenvalue weighted by atomic mass is 32.2. The van der Waals surface area contributed by atoms with E-state index in [-0.39, 0.29) is 16.3 Å². The lowest BCUT2D eigenvalue weighted by molar-refractivity contribution is 0.251. The van der Waals surface area contributed by atoms with Crippen LogP contribution in [0.15, 0.2) is 106 Å². The lowest BCUT2D eigenvalue weighted by atomic mass is 10.1. The first-order valence-electron chi connectivity index (χ1n) is 9.46. The molecule has 0 spiro atoms. The molecule has 8 heteroatoms. The Kier molecular flexibility index (Phi) is 5.81. The molecule has 31 heavy (non-hydrogen) atoms. The van der Waals surface area contributed by atoms with Crippen molar-refractivity contribution in [2.45, 2.75) is 16.3 Å². The Balaban J connectivity index is 1.52. The maximum absolute atomic E-state index is 13.3. The van der Waals surface area contributed by atoms with Gasteiger partial charge < -0.3 is 15.1 Å². The summed E-state index contributed by atoms with van der Waals surface area (Å²) in [5.74, 6) is 0.522. The molecule has 2 N–H and O–H groups in total. The second-order valence-electron chi connectivity index (χ2n) is 6.67. The first-order chi connectivity index (χ1) is 15.0. The summed E-state index contributed by atoms with van der Waals surface area (Å²) >= 11 is 0. The molecule has 1 heterocycles. The zero-order valence-corrected chi connectivity index (χ0v) is 17.2. The molecule has 3 aromatic carbocycles. The fraction of sp³-hybridized carbons (Fsp3) is 0.0435. The summed E-state index contributed by atoms with van der Waals surface area (Å²) in [7, 11) is -3.75. The van der Waals surface area contributed by atoms with Crippen molar-refractivity contribution in [1.29, 1.82) is 0 Å². The Morgan fingerprint density at radius 2 is 1.61 bits per heavy atom.